The van der Waals surface area contributed by atoms with Crippen molar-refractivity contribution in [2.24, 2.45) is 34.4 Å². The van der Waals surface area contributed by atoms with Crippen LogP contribution >= 0.6 is 0 Å². The standard InChI is InChI=1S/C20H24N4O2/c1-12-4-2-5-15(10-12)23-20(21)22-8-3-9-24-18(25)16-13-6-7-14(11-13)17(16)19(24)26/h2,4-7,10,13-14,16-17H,3,8-9,11H2,1H3,(H3,21,22,23). The fourth-order valence-corrected chi connectivity index (χ4v) is 4.52. The lowest BCUT2D eigenvalue weighted by Crippen LogP contribution is -2.34. The van der Waals surface area contributed by atoms with E-state index in [1.54, 1.807) is 0 Å². The van der Waals surface area contributed by atoms with Gasteiger partial charge in [-0.05, 0) is 49.3 Å². The number of allylic oxidation sites excluding steroid dienone is 2. The fraction of sp³-hybridized carbons (Fsp3) is 0.450. The summed E-state index contributed by atoms with van der Waals surface area (Å²) in [4.78, 5) is 30.9. The number of guanidine groups is 1. The zero-order valence-electron chi connectivity index (χ0n) is 14.9. The SMILES string of the molecule is Cc1cccc(NC(N)=NCCCN2C(=O)C3C4C=CC(C4)C3C2=O)c1. The number of anilines is 1. The van der Waals surface area contributed by atoms with Crippen molar-refractivity contribution in [2.75, 3.05) is 18.4 Å². The quantitative estimate of drug-likeness (QED) is 0.279. The normalized spacial score (nSPS) is 29.6. The number of hydrogen-bond donors (Lipinski definition) is 2. The van der Waals surface area contributed by atoms with E-state index in [0.29, 0.717) is 25.5 Å². The molecule has 6 nitrogen and oxygen atoms in total. The minimum Gasteiger partial charge on any atom is -0.370 e. The second kappa shape index (κ2) is 6.59. The van der Waals surface area contributed by atoms with E-state index in [1.807, 2.05) is 31.2 Å². The van der Waals surface area contributed by atoms with Gasteiger partial charge in [-0.3, -0.25) is 19.5 Å². The third-order valence-corrected chi connectivity index (χ3v) is 5.67. The Morgan fingerprint density at radius 3 is 2.58 bits per heavy atom. The molecular weight excluding hydrogens is 328 g/mol. The largest absolute Gasteiger partial charge is 0.370 e. The maximum atomic E-state index is 12.6. The zero-order valence-corrected chi connectivity index (χ0v) is 14.9. The summed E-state index contributed by atoms with van der Waals surface area (Å²) in [5, 5.41) is 3.05. The van der Waals surface area contributed by atoms with Crippen LogP contribution in [0.25, 0.3) is 0 Å². The van der Waals surface area contributed by atoms with Gasteiger partial charge in [-0.2, -0.15) is 0 Å². The third-order valence-electron chi connectivity index (χ3n) is 5.67. The summed E-state index contributed by atoms with van der Waals surface area (Å²) < 4.78 is 0. The van der Waals surface area contributed by atoms with Crippen LogP contribution in [0.5, 0.6) is 0 Å². The minimum absolute atomic E-state index is 0.00619. The molecule has 1 aromatic rings. The van der Waals surface area contributed by atoms with Crippen LogP contribution in [0.4, 0.5) is 5.69 Å². The summed E-state index contributed by atoms with van der Waals surface area (Å²) in [6.45, 7) is 2.91. The predicted octanol–water partition coefficient (Wildman–Crippen LogP) is 1.92. The lowest BCUT2D eigenvalue weighted by molar-refractivity contribution is -0.140. The number of nitrogens with two attached hydrogens (primary N) is 1. The molecule has 2 fully saturated rings. The van der Waals surface area contributed by atoms with Crippen molar-refractivity contribution in [3.05, 3.63) is 42.0 Å². The van der Waals surface area contributed by atoms with E-state index in [4.69, 9.17) is 5.73 Å². The van der Waals surface area contributed by atoms with Crippen LogP contribution in [0.2, 0.25) is 0 Å². The van der Waals surface area contributed by atoms with Crippen LogP contribution < -0.4 is 11.1 Å². The lowest BCUT2D eigenvalue weighted by atomic mass is 9.85. The molecule has 1 saturated carbocycles. The summed E-state index contributed by atoms with van der Waals surface area (Å²) >= 11 is 0. The average Bonchev–Trinajstić information content (AvgIpc) is 3.27. The molecule has 3 aliphatic rings. The molecule has 4 rings (SSSR count). The van der Waals surface area contributed by atoms with Gasteiger partial charge in [0.1, 0.15) is 0 Å². The Balaban J connectivity index is 1.29. The highest BCUT2D eigenvalue weighted by atomic mass is 16.2. The maximum absolute atomic E-state index is 12.6. The molecule has 1 aromatic carbocycles. The number of benzene rings is 1. The number of carbonyl (C=O) groups excluding carboxylic acids is 2. The van der Waals surface area contributed by atoms with E-state index in [9.17, 15) is 9.59 Å². The lowest BCUT2D eigenvalue weighted by Gasteiger charge is -2.16. The van der Waals surface area contributed by atoms with Gasteiger partial charge in [-0.1, -0.05) is 24.3 Å². The summed E-state index contributed by atoms with van der Waals surface area (Å²) in [6, 6.07) is 7.89. The van der Waals surface area contributed by atoms with Gasteiger partial charge in [0.05, 0.1) is 11.8 Å². The highest BCUT2D eigenvalue weighted by Gasteiger charge is 2.58. The Labute approximate surface area is 153 Å². The van der Waals surface area contributed by atoms with E-state index < -0.39 is 0 Å². The Kier molecular flexibility index (Phi) is 4.26. The second-order valence-electron chi connectivity index (χ2n) is 7.44. The van der Waals surface area contributed by atoms with Crippen molar-refractivity contribution in [3.8, 4) is 0 Å². The molecule has 6 heteroatoms. The summed E-state index contributed by atoms with van der Waals surface area (Å²) in [7, 11) is 0. The molecule has 2 bridgehead atoms. The first-order valence-corrected chi connectivity index (χ1v) is 9.22. The van der Waals surface area contributed by atoms with E-state index in [1.165, 1.54) is 4.90 Å². The Morgan fingerprint density at radius 1 is 1.23 bits per heavy atom. The van der Waals surface area contributed by atoms with Crippen molar-refractivity contribution in [1.82, 2.24) is 4.90 Å². The third kappa shape index (κ3) is 2.89. The van der Waals surface area contributed by atoms with Gasteiger partial charge in [0.25, 0.3) is 0 Å². The first kappa shape index (κ1) is 16.8. The monoisotopic (exact) mass is 352 g/mol. The first-order valence-electron chi connectivity index (χ1n) is 9.22. The predicted molar refractivity (Wildman–Crippen MR) is 100 cm³/mol. The smallest absolute Gasteiger partial charge is 0.233 e. The molecule has 4 unspecified atom stereocenters. The fourth-order valence-electron chi connectivity index (χ4n) is 4.52. The minimum atomic E-state index is -0.117. The van der Waals surface area contributed by atoms with Crippen molar-refractivity contribution in [2.45, 2.75) is 19.8 Å². The summed E-state index contributed by atoms with van der Waals surface area (Å²) in [5.41, 5.74) is 7.94. The van der Waals surface area contributed by atoms with E-state index in [2.05, 4.69) is 22.5 Å². The number of nitrogens with one attached hydrogen (secondary N) is 1. The van der Waals surface area contributed by atoms with Gasteiger partial charge in [0.15, 0.2) is 5.96 Å². The van der Waals surface area contributed by atoms with Crippen LogP contribution in [0.1, 0.15) is 18.4 Å². The van der Waals surface area contributed by atoms with Gasteiger partial charge >= 0.3 is 0 Å². The van der Waals surface area contributed by atoms with Gasteiger partial charge in [-0.25, -0.2) is 0 Å². The van der Waals surface area contributed by atoms with Crippen LogP contribution in [0, 0.1) is 30.6 Å². The first-order chi connectivity index (χ1) is 12.5. The number of imide groups is 1. The van der Waals surface area contributed by atoms with Gasteiger partial charge in [0, 0.05) is 18.8 Å². The highest BCUT2D eigenvalue weighted by molar-refractivity contribution is 6.06. The zero-order chi connectivity index (χ0) is 18.3. The van der Waals surface area contributed by atoms with Crippen molar-refractivity contribution >= 4 is 23.5 Å². The number of aryl methyl sites for hydroxylation is 1. The number of carbonyl (C=O) groups is 2. The Hall–Kier alpha value is -2.63. The van der Waals surface area contributed by atoms with Crippen LogP contribution in [0.15, 0.2) is 41.4 Å². The number of hydrogen-bond acceptors (Lipinski definition) is 3. The average molecular weight is 352 g/mol. The molecule has 1 saturated heterocycles. The Morgan fingerprint density at radius 2 is 1.92 bits per heavy atom. The van der Waals surface area contributed by atoms with E-state index in [-0.39, 0.29) is 35.5 Å². The number of rotatable bonds is 5. The number of nitrogens with zero attached hydrogens (tertiary/aromatic N) is 2. The molecule has 26 heavy (non-hydrogen) atoms. The summed E-state index contributed by atoms with van der Waals surface area (Å²) in [6.07, 6.45) is 5.81. The molecule has 1 heterocycles. The molecule has 4 atom stereocenters. The summed E-state index contributed by atoms with van der Waals surface area (Å²) in [5.74, 6) is 0.646. The van der Waals surface area contributed by atoms with E-state index in [0.717, 1.165) is 17.7 Å². The second-order valence-corrected chi connectivity index (χ2v) is 7.44. The van der Waals surface area contributed by atoms with Gasteiger partial charge < -0.3 is 11.1 Å². The van der Waals surface area contributed by atoms with Crippen molar-refractivity contribution in [1.29, 1.82) is 0 Å². The van der Waals surface area contributed by atoms with Crippen LogP contribution in [-0.4, -0.2) is 35.8 Å². The van der Waals surface area contributed by atoms with Crippen molar-refractivity contribution in [3.63, 3.8) is 0 Å². The topological polar surface area (TPSA) is 87.8 Å². The number of aliphatic imine (C=N–C) groups is 1. The molecule has 2 aliphatic carbocycles. The van der Waals surface area contributed by atoms with Gasteiger partial charge in [0.2, 0.25) is 11.8 Å². The number of likely N-dealkylation sites (tertiary alicyclic amines) is 1. The molecule has 2 amide bonds. The van der Waals surface area contributed by atoms with Crippen molar-refractivity contribution < 1.29 is 9.59 Å². The van der Waals surface area contributed by atoms with E-state index >= 15 is 0 Å². The molecular formula is C20H24N4O2. The van der Waals surface area contributed by atoms with Crippen LogP contribution in [0.3, 0.4) is 0 Å². The van der Waals surface area contributed by atoms with Crippen LogP contribution in [-0.2, 0) is 9.59 Å². The number of fused-ring (bicyclic) bond motifs is 5. The number of amides is 2. The molecule has 0 aromatic heterocycles. The maximum Gasteiger partial charge on any atom is 0.233 e. The molecule has 136 valence electrons. The molecule has 0 spiro atoms. The van der Waals surface area contributed by atoms with Gasteiger partial charge in [-0.15, -0.1) is 0 Å². The molecule has 0 radical (unpaired) electrons. The molecule has 3 N–H and O–H groups in total. The molecule has 1 aliphatic heterocycles. The Bertz CT molecular complexity index is 771. The highest BCUT2D eigenvalue weighted by Crippen LogP contribution is 2.52.